The molecule has 2 aliphatic rings. The number of thioether (sulfide) groups is 1. The molecule has 6 heteroatoms. The molecule has 1 unspecified atom stereocenters. The van der Waals surface area contributed by atoms with Crippen molar-refractivity contribution in [3.05, 3.63) is 28.0 Å². The van der Waals surface area contributed by atoms with Gasteiger partial charge in [-0.2, -0.15) is 0 Å². The lowest BCUT2D eigenvalue weighted by Crippen LogP contribution is -2.09. The zero-order valence-electron chi connectivity index (χ0n) is 9.42. The van der Waals surface area contributed by atoms with Gasteiger partial charge in [0, 0.05) is 5.25 Å². The van der Waals surface area contributed by atoms with Crippen molar-refractivity contribution in [2.75, 3.05) is 11.9 Å². The minimum absolute atomic E-state index is 0.276. The molecule has 0 amide bonds. The third-order valence-electron chi connectivity index (χ3n) is 3.06. The molecule has 0 radical (unpaired) electrons. The van der Waals surface area contributed by atoms with Gasteiger partial charge in [-0.15, -0.1) is 0 Å². The number of nitrogens with one attached hydrogen (secondary N) is 1. The van der Waals surface area contributed by atoms with Gasteiger partial charge in [0.2, 0.25) is 0 Å². The van der Waals surface area contributed by atoms with E-state index >= 15 is 0 Å². The molecule has 1 aromatic carbocycles. The smallest absolute Gasteiger partial charge is 0.161 e. The van der Waals surface area contributed by atoms with Crippen molar-refractivity contribution >= 4 is 45.8 Å². The average Bonchev–Trinajstić information content (AvgIpc) is 3.04. The topological polar surface area (TPSA) is 24.4 Å². The van der Waals surface area contributed by atoms with E-state index in [1.807, 2.05) is 0 Å². The van der Waals surface area contributed by atoms with Crippen molar-refractivity contribution in [1.29, 1.82) is 0 Å². The Kier molecular flexibility index (Phi) is 3.43. The van der Waals surface area contributed by atoms with Crippen LogP contribution in [0.3, 0.4) is 0 Å². The largest absolute Gasteiger partial charge is 0.333 e. The molecule has 1 aliphatic carbocycles. The van der Waals surface area contributed by atoms with Crippen molar-refractivity contribution in [2.45, 2.75) is 18.1 Å². The van der Waals surface area contributed by atoms with Crippen molar-refractivity contribution < 1.29 is 4.39 Å². The standard InChI is InChI=1S/C12H11Cl2FN2S/c13-8-3-7(15)4-9(14)11(8)17-12-16-5-10(18-12)6-1-2-6/h3-4,6,10H,1-2,5H2,(H,16,17). The number of rotatable bonds is 2. The Bertz CT molecular complexity index is 494. The Hall–Kier alpha value is -0.450. The number of nitrogens with zero attached hydrogens (tertiary/aromatic N) is 1. The third kappa shape index (κ3) is 2.60. The summed E-state index contributed by atoms with van der Waals surface area (Å²) in [5, 5.41) is 5.05. The van der Waals surface area contributed by atoms with Crippen LogP contribution in [0.2, 0.25) is 10.0 Å². The van der Waals surface area contributed by atoms with Crippen LogP contribution in [-0.4, -0.2) is 17.0 Å². The molecule has 96 valence electrons. The van der Waals surface area contributed by atoms with Gasteiger partial charge in [0.1, 0.15) is 5.82 Å². The second-order valence-electron chi connectivity index (χ2n) is 4.51. The Balaban J connectivity index is 1.73. The van der Waals surface area contributed by atoms with Gasteiger partial charge in [0.05, 0.1) is 22.3 Å². The predicted octanol–water partition coefficient (Wildman–Crippen LogP) is 4.43. The fourth-order valence-electron chi connectivity index (χ4n) is 1.94. The molecule has 2 nitrogen and oxygen atoms in total. The van der Waals surface area contributed by atoms with Gasteiger partial charge >= 0.3 is 0 Å². The maximum Gasteiger partial charge on any atom is 0.161 e. The van der Waals surface area contributed by atoms with Crippen molar-refractivity contribution in [3.8, 4) is 0 Å². The van der Waals surface area contributed by atoms with E-state index in [1.165, 1.54) is 25.0 Å². The first-order valence-corrected chi connectivity index (χ1v) is 7.39. The Labute approximate surface area is 119 Å². The monoisotopic (exact) mass is 304 g/mol. The summed E-state index contributed by atoms with van der Waals surface area (Å²) in [6.07, 6.45) is 2.61. The molecule has 1 aliphatic heterocycles. The number of aliphatic imine (C=N–C) groups is 1. The molecule has 1 N–H and O–H groups in total. The van der Waals surface area contributed by atoms with Crippen LogP contribution in [0.15, 0.2) is 17.1 Å². The SMILES string of the molecule is Fc1cc(Cl)c(NC2=NCC(C3CC3)S2)c(Cl)c1. The molecule has 0 spiro atoms. The third-order valence-corrected chi connectivity index (χ3v) is 4.95. The van der Waals surface area contributed by atoms with Crippen LogP contribution >= 0.6 is 35.0 Å². The zero-order chi connectivity index (χ0) is 12.7. The van der Waals surface area contributed by atoms with E-state index in [1.54, 1.807) is 11.8 Å². The van der Waals surface area contributed by atoms with E-state index in [9.17, 15) is 4.39 Å². The lowest BCUT2D eigenvalue weighted by Gasteiger charge is -2.11. The molecule has 1 heterocycles. The normalized spacial score (nSPS) is 23.1. The predicted molar refractivity (Wildman–Crippen MR) is 76.4 cm³/mol. The number of benzene rings is 1. The number of halogens is 3. The summed E-state index contributed by atoms with van der Waals surface area (Å²) >= 11 is 13.7. The highest BCUT2D eigenvalue weighted by molar-refractivity contribution is 8.15. The highest BCUT2D eigenvalue weighted by atomic mass is 35.5. The first-order valence-electron chi connectivity index (χ1n) is 5.76. The molecular formula is C12H11Cl2FN2S. The Morgan fingerprint density at radius 2 is 1.94 bits per heavy atom. The van der Waals surface area contributed by atoms with Crippen molar-refractivity contribution in [3.63, 3.8) is 0 Å². The average molecular weight is 305 g/mol. The quantitative estimate of drug-likeness (QED) is 0.874. The van der Waals surface area contributed by atoms with Gasteiger partial charge in [-0.1, -0.05) is 35.0 Å². The van der Waals surface area contributed by atoms with Crippen LogP contribution < -0.4 is 5.32 Å². The molecule has 1 aromatic rings. The maximum absolute atomic E-state index is 13.1. The molecular weight excluding hydrogens is 294 g/mol. The van der Waals surface area contributed by atoms with Crippen LogP contribution in [0.1, 0.15) is 12.8 Å². The highest BCUT2D eigenvalue weighted by Crippen LogP contribution is 2.42. The summed E-state index contributed by atoms with van der Waals surface area (Å²) < 4.78 is 13.1. The van der Waals surface area contributed by atoms with Crippen LogP contribution in [0, 0.1) is 11.7 Å². The minimum Gasteiger partial charge on any atom is -0.333 e. The summed E-state index contributed by atoms with van der Waals surface area (Å²) in [6.45, 7) is 0.841. The molecule has 1 fully saturated rings. The van der Waals surface area contributed by atoms with E-state index in [-0.39, 0.29) is 10.0 Å². The summed E-state index contributed by atoms with van der Waals surface area (Å²) in [5.74, 6) is 0.365. The molecule has 0 aromatic heterocycles. The first-order chi connectivity index (χ1) is 8.63. The van der Waals surface area contributed by atoms with Crippen LogP contribution in [-0.2, 0) is 0 Å². The van der Waals surface area contributed by atoms with Crippen molar-refractivity contribution in [1.82, 2.24) is 0 Å². The zero-order valence-corrected chi connectivity index (χ0v) is 11.7. The first kappa shape index (κ1) is 12.6. The lowest BCUT2D eigenvalue weighted by atomic mass is 10.3. The van der Waals surface area contributed by atoms with E-state index in [4.69, 9.17) is 23.2 Å². The Morgan fingerprint density at radius 1 is 1.28 bits per heavy atom. The van der Waals surface area contributed by atoms with E-state index in [2.05, 4.69) is 10.3 Å². The van der Waals surface area contributed by atoms with Crippen molar-refractivity contribution in [2.24, 2.45) is 10.9 Å². The molecule has 18 heavy (non-hydrogen) atoms. The maximum atomic E-state index is 13.1. The van der Waals surface area contributed by atoms with E-state index in [0.29, 0.717) is 10.9 Å². The number of hydrogen-bond acceptors (Lipinski definition) is 3. The van der Waals surface area contributed by atoms with Gasteiger partial charge in [-0.3, -0.25) is 4.99 Å². The summed E-state index contributed by atoms with van der Waals surface area (Å²) in [6, 6.07) is 2.49. The molecule has 1 saturated carbocycles. The van der Waals surface area contributed by atoms with Gasteiger partial charge in [0.15, 0.2) is 5.17 Å². The highest BCUT2D eigenvalue weighted by Gasteiger charge is 2.35. The van der Waals surface area contributed by atoms with Crippen LogP contribution in [0.4, 0.5) is 10.1 Å². The Morgan fingerprint density at radius 3 is 2.56 bits per heavy atom. The molecule has 0 saturated heterocycles. The minimum atomic E-state index is -0.438. The molecule has 1 atom stereocenters. The molecule has 3 rings (SSSR count). The van der Waals surface area contributed by atoms with E-state index < -0.39 is 5.82 Å². The fraction of sp³-hybridized carbons (Fsp3) is 0.417. The number of anilines is 1. The summed E-state index contributed by atoms with van der Waals surface area (Å²) in [4.78, 5) is 4.44. The van der Waals surface area contributed by atoms with E-state index in [0.717, 1.165) is 17.6 Å². The summed E-state index contributed by atoms with van der Waals surface area (Å²) in [7, 11) is 0. The van der Waals surface area contributed by atoms with Gasteiger partial charge in [-0.05, 0) is 30.9 Å². The number of amidine groups is 1. The van der Waals surface area contributed by atoms with Gasteiger partial charge in [0.25, 0.3) is 0 Å². The lowest BCUT2D eigenvalue weighted by molar-refractivity contribution is 0.628. The summed E-state index contributed by atoms with van der Waals surface area (Å²) in [5.41, 5.74) is 0.530. The second kappa shape index (κ2) is 4.91. The fourth-order valence-corrected chi connectivity index (χ4v) is 3.71. The van der Waals surface area contributed by atoms with Crippen LogP contribution in [0.25, 0.3) is 0 Å². The number of hydrogen-bond donors (Lipinski definition) is 1. The molecule has 0 bridgehead atoms. The van der Waals surface area contributed by atoms with Crippen LogP contribution in [0.5, 0.6) is 0 Å². The second-order valence-corrected chi connectivity index (χ2v) is 6.55. The van der Waals surface area contributed by atoms with Gasteiger partial charge in [-0.25, -0.2) is 4.39 Å². The van der Waals surface area contributed by atoms with Gasteiger partial charge < -0.3 is 5.32 Å².